The van der Waals surface area contributed by atoms with Gasteiger partial charge in [-0.05, 0) is 49.6 Å². The van der Waals surface area contributed by atoms with E-state index in [0.29, 0.717) is 44.0 Å². The van der Waals surface area contributed by atoms with Crippen LogP contribution in [0.15, 0.2) is 48.5 Å². The molecule has 0 unspecified atom stereocenters. The fourth-order valence-corrected chi connectivity index (χ4v) is 4.11. The average molecular weight is 431 g/mol. The fourth-order valence-electron chi connectivity index (χ4n) is 4.11. The van der Waals surface area contributed by atoms with Crippen molar-refractivity contribution in [1.82, 2.24) is 9.97 Å². The zero-order valence-electron chi connectivity index (χ0n) is 18.3. The number of methoxy groups -OCH3 is 1. The van der Waals surface area contributed by atoms with Crippen LogP contribution in [0.3, 0.4) is 0 Å². The van der Waals surface area contributed by atoms with Gasteiger partial charge in [0.1, 0.15) is 17.4 Å². The Kier molecular flexibility index (Phi) is 6.50. The summed E-state index contributed by atoms with van der Waals surface area (Å²) >= 11 is 0. The highest BCUT2D eigenvalue weighted by molar-refractivity contribution is 5.77. The number of para-hydroxylation sites is 2. The molecule has 0 radical (unpaired) electrons. The van der Waals surface area contributed by atoms with E-state index in [2.05, 4.69) is 11.0 Å². The summed E-state index contributed by atoms with van der Waals surface area (Å²) in [6.07, 6.45) is 1.37. The summed E-state index contributed by atoms with van der Waals surface area (Å²) in [6.45, 7) is 3.53. The van der Waals surface area contributed by atoms with Gasteiger partial charge in [-0.15, -0.1) is 0 Å². The van der Waals surface area contributed by atoms with Crippen LogP contribution >= 0.6 is 0 Å². The lowest BCUT2D eigenvalue weighted by molar-refractivity contribution is -0.148. The number of hydrogen-bond donors (Lipinski definition) is 0. The molecule has 3 aromatic rings. The first kappa shape index (κ1) is 21.6. The SMILES string of the molecule is CCOC(=O)C1CCN(c2nc3ccccc3nc2[C@H](C#N)c2ccc(OC)cc2)CC1. The molecule has 0 spiro atoms. The van der Waals surface area contributed by atoms with Crippen LogP contribution < -0.4 is 9.64 Å². The summed E-state index contributed by atoms with van der Waals surface area (Å²) in [4.78, 5) is 24.1. The third kappa shape index (κ3) is 4.35. The van der Waals surface area contributed by atoms with Gasteiger partial charge in [0, 0.05) is 13.1 Å². The number of rotatable bonds is 6. The maximum atomic E-state index is 12.2. The van der Waals surface area contributed by atoms with Gasteiger partial charge in [-0.2, -0.15) is 5.26 Å². The van der Waals surface area contributed by atoms with Gasteiger partial charge in [-0.1, -0.05) is 24.3 Å². The van der Waals surface area contributed by atoms with Crippen LogP contribution in [0.4, 0.5) is 5.82 Å². The number of benzene rings is 2. The molecule has 0 amide bonds. The number of hydrogen-bond acceptors (Lipinski definition) is 7. The zero-order valence-corrected chi connectivity index (χ0v) is 18.3. The first-order chi connectivity index (χ1) is 15.6. The predicted molar refractivity (Wildman–Crippen MR) is 122 cm³/mol. The van der Waals surface area contributed by atoms with E-state index >= 15 is 0 Å². The molecule has 32 heavy (non-hydrogen) atoms. The number of esters is 1. The molecular formula is C25H26N4O3. The number of fused-ring (bicyclic) bond motifs is 1. The smallest absolute Gasteiger partial charge is 0.309 e. The molecule has 1 fully saturated rings. The van der Waals surface area contributed by atoms with Gasteiger partial charge in [0.2, 0.25) is 0 Å². The lowest BCUT2D eigenvalue weighted by Crippen LogP contribution is -2.38. The van der Waals surface area contributed by atoms with E-state index in [-0.39, 0.29) is 11.9 Å². The quantitative estimate of drug-likeness (QED) is 0.545. The third-order valence-corrected chi connectivity index (χ3v) is 5.84. The van der Waals surface area contributed by atoms with Crippen molar-refractivity contribution in [2.75, 3.05) is 31.7 Å². The van der Waals surface area contributed by atoms with Crippen molar-refractivity contribution in [3.8, 4) is 11.8 Å². The number of nitrogens with zero attached hydrogens (tertiary/aromatic N) is 4. The zero-order chi connectivity index (χ0) is 22.5. The highest BCUT2D eigenvalue weighted by atomic mass is 16.5. The van der Waals surface area contributed by atoms with Crippen molar-refractivity contribution >= 4 is 22.8 Å². The summed E-state index contributed by atoms with van der Waals surface area (Å²) in [5.41, 5.74) is 3.00. The minimum Gasteiger partial charge on any atom is -0.497 e. The van der Waals surface area contributed by atoms with E-state index in [1.807, 2.05) is 55.5 Å². The minimum atomic E-state index is -0.573. The Morgan fingerprint density at radius 2 is 1.78 bits per heavy atom. The predicted octanol–water partition coefficient (Wildman–Crippen LogP) is 4.07. The molecule has 0 N–H and O–H groups in total. The Morgan fingerprint density at radius 3 is 2.38 bits per heavy atom. The largest absolute Gasteiger partial charge is 0.497 e. The molecule has 7 nitrogen and oxygen atoms in total. The Hall–Kier alpha value is -3.66. The molecule has 1 atom stereocenters. The van der Waals surface area contributed by atoms with Gasteiger partial charge in [-0.3, -0.25) is 4.79 Å². The summed E-state index contributed by atoms with van der Waals surface area (Å²) < 4.78 is 10.5. The van der Waals surface area contributed by atoms with Crippen LogP contribution in [-0.2, 0) is 9.53 Å². The first-order valence-electron chi connectivity index (χ1n) is 10.9. The van der Waals surface area contributed by atoms with Crippen molar-refractivity contribution in [2.24, 2.45) is 5.92 Å². The second-order valence-electron chi connectivity index (χ2n) is 7.77. The van der Waals surface area contributed by atoms with Gasteiger partial charge < -0.3 is 14.4 Å². The molecule has 2 aromatic carbocycles. The molecule has 0 saturated carbocycles. The molecule has 164 valence electrons. The summed E-state index contributed by atoms with van der Waals surface area (Å²) in [7, 11) is 1.61. The number of ether oxygens (including phenoxy) is 2. The van der Waals surface area contributed by atoms with Crippen LogP contribution in [0.5, 0.6) is 5.75 Å². The number of carbonyl (C=O) groups is 1. The molecule has 0 aliphatic carbocycles. The van der Waals surface area contributed by atoms with Crippen molar-refractivity contribution in [2.45, 2.75) is 25.7 Å². The summed E-state index contributed by atoms with van der Waals surface area (Å²) in [5.74, 6) is 0.627. The van der Waals surface area contributed by atoms with Crippen LogP contribution in [0, 0.1) is 17.2 Å². The minimum absolute atomic E-state index is 0.101. The number of piperidine rings is 1. The van der Waals surface area contributed by atoms with E-state index in [1.54, 1.807) is 7.11 Å². The molecule has 7 heteroatoms. The number of carbonyl (C=O) groups excluding carboxylic acids is 1. The van der Waals surface area contributed by atoms with E-state index in [4.69, 9.17) is 19.4 Å². The van der Waals surface area contributed by atoms with Crippen LogP contribution in [-0.4, -0.2) is 42.7 Å². The Morgan fingerprint density at radius 1 is 1.12 bits per heavy atom. The van der Waals surface area contributed by atoms with Crippen molar-refractivity contribution < 1.29 is 14.3 Å². The molecule has 1 aliphatic heterocycles. The van der Waals surface area contributed by atoms with Gasteiger partial charge in [0.15, 0.2) is 5.82 Å². The Bertz CT molecular complexity index is 1130. The highest BCUT2D eigenvalue weighted by Gasteiger charge is 2.30. The van der Waals surface area contributed by atoms with E-state index < -0.39 is 5.92 Å². The number of nitriles is 1. The molecule has 0 bridgehead atoms. The topological polar surface area (TPSA) is 88.3 Å². The maximum Gasteiger partial charge on any atom is 0.309 e. The molecule has 1 saturated heterocycles. The first-order valence-corrected chi connectivity index (χ1v) is 10.9. The summed E-state index contributed by atoms with van der Waals surface area (Å²) in [6, 6.07) is 17.6. The van der Waals surface area contributed by atoms with Gasteiger partial charge in [0.25, 0.3) is 0 Å². The van der Waals surface area contributed by atoms with Crippen LogP contribution in [0.1, 0.15) is 36.9 Å². The average Bonchev–Trinajstić information content (AvgIpc) is 2.85. The lowest BCUT2D eigenvalue weighted by atomic mass is 9.94. The Labute approximate surface area is 187 Å². The number of aromatic nitrogens is 2. The molecule has 4 rings (SSSR count). The van der Waals surface area contributed by atoms with E-state index in [9.17, 15) is 10.1 Å². The fraction of sp³-hybridized carbons (Fsp3) is 0.360. The van der Waals surface area contributed by atoms with Gasteiger partial charge >= 0.3 is 5.97 Å². The van der Waals surface area contributed by atoms with Crippen molar-refractivity contribution in [3.05, 3.63) is 59.8 Å². The maximum absolute atomic E-state index is 12.2. The van der Waals surface area contributed by atoms with Crippen molar-refractivity contribution in [1.29, 1.82) is 5.26 Å². The van der Waals surface area contributed by atoms with Crippen molar-refractivity contribution in [3.63, 3.8) is 0 Å². The van der Waals surface area contributed by atoms with Gasteiger partial charge in [0.05, 0.1) is 36.7 Å². The van der Waals surface area contributed by atoms with Gasteiger partial charge in [-0.25, -0.2) is 9.97 Å². The number of anilines is 1. The molecule has 1 aliphatic rings. The Balaban J connectivity index is 1.71. The second-order valence-corrected chi connectivity index (χ2v) is 7.77. The highest BCUT2D eigenvalue weighted by Crippen LogP contribution is 2.34. The van der Waals surface area contributed by atoms with E-state index in [1.165, 1.54) is 0 Å². The standard InChI is InChI=1S/C25H26N4O3/c1-3-32-25(30)18-12-14-29(15-13-18)24-23(27-21-6-4-5-7-22(21)28-24)20(16-26)17-8-10-19(31-2)11-9-17/h4-11,18,20H,3,12-15H2,1-2H3/t20-/m1/s1. The monoisotopic (exact) mass is 430 g/mol. The molecule has 2 heterocycles. The van der Waals surface area contributed by atoms with Crippen LogP contribution in [0.2, 0.25) is 0 Å². The lowest BCUT2D eigenvalue weighted by Gasteiger charge is -2.33. The molecule has 1 aromatic heterocycles. The normalized spacial score (nSPS) is 15.2. The second kappa shape index (κ2) is 9.65. The van der Waals surface area contributed by atoms with Crippen LogP contribution in [0.25, 0.3) is 11.0 Å². The third-order valence-electron chi connectivity index (χ3n) is 5.84. The van der Waals surface area contributed by atoms with E-state index in [0.717, 1.165) is 22.3 Å². The summed E-state index contributed by atoms with van der Waals surface area (Å²) in [5, 5.41) is 10.1. The molecular weight excluding hydrogens is 404 g/mol.